The number of benzene rings is 1. The number of rotatable bonds is 2. The second-order valence-electron chi connectivity index (χ2n) is 6.08. The van der Waals surface area contributed by atoms with E-state index in [1.807, 2.05) is 18.5 Å². The number of aryl methyl sites for hydroxylation is 2. The average molecular weight is 366 g/mol. The van der Waals surface area contributed by atoms with Crippen LogP contribution in [0, 0.1) is 6.92 Å². The lowest BCUT2D eigenvalue weighted by Crippen LogP contribution is -2.37. The molecule has 0 atom stereocenters. The largest absolute Gasteiger partial charge is 0.453 e. The van der Waals surface area contributed by atoms with E-state index in [1.165, 1.54) is 16.3 Å². The van der Waals surface area contributed by atoms with E-state index in [4.69, 9.17) is 4.74 Å². The lowest BCUT2D eigenvalue weighted by Gasteiger charge is -2.21. The molecular formula is C16H22N4O4S. The van der Waals surface area contributed by atoms with Gasteiger partial charge in [0.25, 0.3) is 0 Å². The van der Waals surface area contributed by atoms with Crippen molar-refractivity contribution < 1.29 is 17.9 Å². The normalized spacial score (nSPS) is 16.8. The van der Waals surface area contributed by atoms with E-state index in [0.29, 0.717) is 31.6 Å². The molecule has 8 nitrogen and oxygen atoms in total. The number of imidazole rings is 1. The van der Waals surface area contributed by atoms with Crippen LogP contribution in [-0.4, -0.2) is 66.6 Å². The van der Waals surface area contributed by atoms with E-state index in [1.54, 1.807) is 18.2 Å². The standard InChI is InChI=1S/C16H22N4O4S/c1-12-17-14-11-13(5-6-15(14)18(12)2)25(22,23)20-8-4-7-19(9-10-20)16(21)24-3/h5-6,11H,4,7-10H2,1-3H3. The fraction of sp³-hybridized carbons (Fsp3) is 0.500. The summed E-state index contributed by atoms with van der Waals surface area (Å²) in [6.07, 6.45) is 0.142. The number of nitrogens with zero attached hydrogens (tertiary/aromatic N) is 4. The van der Waals surface area contributed by atoms with Gasteiger partial charge in [-0.15, -0.1) is 0 Å². The third-order valence-corrected chi connectivity index (χ3v) is 6.50. The summed E-state index contributed by atoms with van der Waals surface area (Å²) in [7, 11) is -0.408. The number of ether oxygens (including phenoxy) is 1. The first-order chi connectivity index (χ1) is 11.8. The summed E-state index contributed by atoms with van der Waals surface area (Å²) in [4.78, 5) is 17.8. The van der Waals surface area contributed by atoms with Crippen molar-refractivity contribution in [1.29, 1.82) is 0 Å². The highest BCUT2D eigenvalue weighted by Gasteiger charge is 2.29. The molecule has 0 unspecified atom stereocenters. The van der Waals surface area contributed by atoms with Gasteiger partial charge in [-0.25, -0.2) is 18.2 Å². The van der Waals surface area contributed by atoms with Crippen molar-refractivity contribution in [1.82, 2.24) is 18.8 Å². The number of carbonyl (C=O) groups excluding carboxylic acids is 1. The van der Waals surface area contributed by atoms with E-state index in [2.05, 4.69) is 4.98 Å². The summed E-state index contributed by atoms with van der Waals surface area (Å²) in [6, 6.07) is 5.00. The Bertz CT molecular complexity index is 906. The molecule has 1 saturated heterocycles. The Labute approximate surface area is 147 Å². The SMILES string of the molecule is COC(=O)N1CCCN(S(=O)(=O)c2ccc3c(c2)nc(C)n3C)CC1. The third-order valence-electron chi connectivity index (χ3n) is 4.60. The van der Waals surface area contributed by atoms with Gasteiger partial charge in [-0.2, -0.15) is 4.31 Å². The quantitative estimate of drug-likeness (QED) is 0.801. The van der Waals surface area contributed by atoms with Crippen LogP contribution in [0.1, 0.15) is 12.2 Å². The van der Waals surface area contributed by atoms with Crippen molar-refractivity contribution >= 4 is 27.1 Å². The minimum atomic E-state index is -3.63. The summed E-state index contributed by atoms with van der Waals surface area (Å²) in [5.41, 5.74) is 1.55. The van der Waals surface area contributed by atoms with E-state index < -0.39 is 16.1 Å². The fourth-order valence-electron chi connectivity index (χ4n) is 3.06. The summed E-state index contributed by atoms with van der Waals surface area (Å²) in [5, 5.41) is 0. The zero-order chi connectivity index (χ0) is 18.2. The Morgan fingerprint density at radius 3 is 2.68 bits per heavy atom. The molecule has 3 rings (SSSR count). The van der Waals surface area contributed by atoms with Crippen LogP contribution in [0.15, 0.2) is 23.1 Å². The van der Waals surface area contributed by atoms with Crippen LogP contribution in [0.5, 0.6) is 0 Å². The Morgan fingerprint density at radius 1 is 1.20 bits per heavy atom. The minimum Gasteiger partial charge on any atom is -0.453 e. The number of hydrogen-bond acceptors (Lipinski definition) is 5. The number of methoxy groups -OCH3 is 1. The maximum atomic E-state index is 13.0. The van der Waals surface area contributed by atoms with Gasteiger partial charge in [0, 0.05) is 33.2 Å². The molecule has 0 saturated carbocycles. The van der Waals surface area contributed by atoms with Gasteiger partial charge >= 0.3 is 6.09 Å². The van der Waals surface area contributed by atoms with Crippen molar-refractivity contribution in [3.63, 3.8) is 0 Å². The summed E-state index contributed by atoms with van der Waals surface area (Å²) in [5.74, 6) is 0.827. The van der Waals surface area contributed by atoms with Crippen molar-refractivity contribution in [2.24, 2.45) is 7.05 Å². The Morgan fingerprint density at radius 2 is 1.96 bits per heavy atom. The maximum Gasteiger partial charge on any atom is 0.409 e. The second kappa shape index (κ2) is 6.64. The number of sulfonamides is 1. The Kier molecular flexibility index (Phi) is 4.70. The molecule has 1 amide bonds. The molecule has 1 aliphatic heterocycles. The van der Waals surface area contributed by atoms with Gasteiger partial charge < -0.3 is 14.2 Å². The highest BCUT2D eigenvalue weighted by atomic mass is 32.2. The van der Waals surface area contributed by atoms with Crippen molar-refractivity contribution in [2.75, 3.05) is 33.3 Å². The lowest BCUT2D eigenvalue weighted by molar-refractivity contribution is 0.126. The lowest BCUT2D eigenvalue weighted by atomic mass is 10.3. The van der Waals surface area contributed by atoms with Gasteiger partial charge in [0.2, 0.25) is 10.0 Å². The first kappa shape index (κ1) is 17.7. The van der Waals surface area contributed by atoms with Gasteiger partial charge in [-0.05, 0) is 31.5 Å². The predicted octanol–water partition coefficient (Wildman–Crippen LogP) is 1.34. The number of carbonyl (C=O) groups is 1. The van der Waals surface area contributed by atoms with E-state index in [9.17, 15) is 13.2 Å². The molecule has 136 valence electrons. The number of amides is 1. The highest BCUT2D eigenvalue weighted by molar-refractivity contribution is 7.89. The summed E-state index contributed by atoms with van der Waals surface area (Å²) in [6.45, 7) is 3.30. The number of aromatic nitrogens is 2. The molecule has 0 spiro atoms. The zero-order valence-electron chi connectivity index (χ0n) is 14.6. The van der Waals surface area contributed by atoms with Crippen LogP contribution in [0.2, 0.25) is 0 Å². The molecule has 0 radical (unpaired) electrons. The third kappa shape index (κ3) is 3.21. The Balaban J connectivity index is 1.87. The zero-order valence-corrected chi connectivity index (χ0v) is 15.4. The van der Waals surface area contributed by atoms with Gasteiger partial charge in [0.05, 0.1) is 23.0 Å². The van der Waals surface area contributed by atoms with Crippen LogP contribution < -0.4 is 0 Å². The van der Waals surface area contributed by atoms with Crippen LogP contribution in [0.25, 0.3) is 11.0 Å². The van der Waals surface area contributed by atoms with Crippen LogP contribution in [0.3, 0.4) is 0 Å². The first-order valence-corrected chi connectivity index (χ1v) is 9.54. The van der Waals surface area contributed by atoms with Crippen molar-refractivity contribution in [3.8, 4) is 0 Å². The molecule has 0 N–H and O–H groups in total. The van der Waals surface area contributed by atoms with Crippen LogP contribution in [0.4, 0.5) is 4.79 Å². The van der Waals surface area contributed by atoms with Crippen molar-refractivity contribution in [3.05, 3.63) is 24.0 Å². The van der Waals surface area contributed by atoms with Crippen molar-refractivity contribution in [2.45, 2.75) is 18.2 Å². The smallest absolute Gasteiger partial charge is 0.409 e. The average Bonchev–Trinajstić information content (AvgIpc) is 2.79. The van der Waals surface area contributed by atoms with Crippen LogP contribution >= 0.6 is 0 Å². The predicted molar refractivity (Wildman–Crippen MR) is 92.8 cm³/mol. The molecule has 1 aliphatic rings. The molecule has 2 heterocycles. The second-order valence-corrected chi connectivity index (χ2v) is 8.02. The first-order valence-electron chi connectivity index (χ1n) is 8.10. The van der Waals surface area contributed by atoms with Gasteiger partial charge in [-0.3, -0.25) is 0 Å². The van der Waals surface area contributed by atoms with E-state index >= 15 is 0 Å². The van der Waals surface area contributed by atoms with Gasteiger partial charge in [-0.1, -0.05) is 0 Å². The molecule has 1 aromatic carbocycles. The topological polar surface area (TPSA) is 84.7 Å². The van der Waals surface area contributed by atoms with Gasteiger partial charge in [0.15, 0.2) is 0 Å². The molecular weight excluding hydrogens is 344 g/mol. The molecule has 0 aliphatic carbocycles. The van der Waals surface area contributed by atoms with E-state index in [-0.39, 0.29) is 11.4 Å². The Hall–Kier alpha value is -2.13. The fourth-order valence-corrected chi connectivity index (χ4v) is 4.55. The number of hydrogen-bond donors (Lipinski definition) is 0. The molecule has 9 heteroatoms. The minimum absolute atomic E-state index is 0.226. The maximum absolute atomic E-state index is 13.0. The molecule has 1 fully saturated rings. The van der Waals surface area contributed by atoms with Gasteiger partial charge in [0.1, 0.15) is 5.82 Å². The highest BCUT2D eigenvalue weighted by Crippen LogP contribution is 2.23. The summed E-state index contributed by atoms with van der Waals surface area (Å²) < 4.78 is 34.0. The molecule has 0 bridgehead atoms. The monoisotopic (exact) mass is 366 g/mol. The van der Waals surface area contributed by atoms with Crippen LogP contribution in [-0.2, 0) is 21.8 Å². The molecule has 1 aromatic heterocycles. The summed E-state index contributed by atoms with van der Waals surface area (Å²) >= 11 is 0. The van der Waals surface area contributed by atoms with E-state index in [0.717, 1.165) is 11.3 Å². The molecule has 25 heavy (non-hydrogen) atoms. The molecule has 2 aromatic rings. The number of fused-ring (bicyclic) bond motifs is 1.